The number of amides is 2. The van der Waals surface area contributed by atoms with Gasteiger partial charge in [0.1, 0.15) is 5.75 Å². The van der Waals surface area contributed by atoms with Gasteiger partial charge in [0.25, 0.3) is 11.8 Å². The molecule has 8 heteroatoms. The van der Waals surface area contributed by atoms with Crippen LogP contribution in [0.2, 0.25) is 0 Å². The van der Waals surface area contributed by atoms with E-state index in [1.165, 1.54) is 11.3 Å². The number of nitrogens with one attached hydrogen (secondary N) is 2. The first-order chi connectivity index (χ1) is 10.5. The maximum absolute atomic E-state index is 12.2. The van der Waals surface area contributed by atoms with Crippen LogP contribution in [0.3, 0.4) is 0 Å². The summed E-state index contributed by atoms with van der Waals surface area (Å²) in [4.78, 5) is 28.3. The van der Waals surface area contributed by atoms with Crippen molar-refractivity contribution in [3.05, 3.63) is 40.4 Å². The number of nitrogens with zero attached hydrogens (tertiary/aromatic N) is 1. The van der Waals surface area contributed by atoms with Gasteiger partial charge >= 0.3 is 0 Å². The minimum absolute atomic E-state index is 0.181. The van der Waals surface area contributed by atoms with E-state index in [1.807, 2.05) is 12.3 Å². The van der Waals surface area contributed by atoms with E-state index in [4.69, 9.17) is 10.6 Å². The zero-order valence-corrected chi connectivity index (χ0v) is 13.0. The lowest BCUT2D eigenvalue weighted by Crippen LogP contribution is -2.34. The molecular formula is C14H16N4O3S. The molecule has 4 N–H and O–H groups in total. The first kappa shape index (κ1) is 15.9. The number of rotatable bonds is 5. The number of hydrogen-bond acceptors (Lipinski definition) is 6. The summed E-state index contributed by atoms with van der Waals surface area (Å²) in [5, 5.41) is 3.30. The highest BCUT2D eigenvalue weighted by atomic mass is 32.1. The average Bonchev–Trinajstić information content (AvgIpc) is 2.89. The SMILES string of the molecule is Cc1cnc(NC(=O)c2ccc(OCC(=O)NN)cc2C)s1. The number of carbonyl (C=O) groups excluding carboxylic acids is 2. The Hall–Kier alpha value is -2.45. The Bertz CT molecular complexity index is 699. The Morgan fingerprint density at radius 1 is 1.36 bits per heavy atom. The predicted octanol–water partition coefficient (Wildman–Crippen LogP) is 1.38. The first-order valence-corrected chi connectivity index (χ1v) is 7.28. The van der Waals surface area contributed by atoms with Gasteiger partial charge in [-0.25, -0.2) is 10.8 Å². The fourth-order valence-corrected chi connectivity index (χ4v) is 2.41. The quantitative estimate of drug-likeness (QED) is 0.438. The molecule has 0 aliphatic rings. The molecule has 0 aliphatic carbocycles. The van der Waals surface area contributed by atoms with Crippen molar-refractivity contribution in [1.29, 1.82) is 0 Å². The van der Waals surface area contributed by atoms with Crippen molar-refractivity contribution in [2.45, 2.75) is 13.8 Å². The molecule has 1 aromatic heterocycles. The number of thiazole rings is 1. The topological polar surface area (TPSA) is 106 Å². The lowest BCUT2D eigenvalue weighted by Gasteiger charge is -2.09. The highest BCUT2D eigenvalue weighted by molar-refractivity contribution is 7.15. The third-order valence-corrected chi connectivity index (χ3v) is 3.64. The second-order valence-electron chi connectivity index (χ2n) is 4.56. The van der Waals surface area contributed by atoms with Gasteiger partial charge in [-0.3, -0.25) is 20.3 Å². The van der Waals surface area contributed by atoms with E-state index in [1.54, 1.807) is 31.3 Å². The van der Waals surface area contributed by atoms with Crippen molar-refractivity contribution < 1.29 is 14.3 Å². The molecule has 0 saturated heterocycles. The van der Waals surface area contributed by atoms with Crippen molar-refractivity contribution in [3.63, 3.8) is 0 Å². The zero-order chi connectivity index (χ0) is 16.1. The van der Waals surface area contributed by atoms with E-state index in [0.717, 1.165) is 10.4 Å². The van der Waals surface area contributed by atoms with E-state index in [2.05, 4.69) is 10.3 Å². The number of ether oxygens (including phenoxy) is 1. The van der Waals surface area contributed by atoms with Crippen molar-refractivity contribution >= 4 is 28.3 Å². The Balaban J connectivity index is 2.05. The third kappa shape index (κ3) is 4.03. The van der Waals surface area contributed by atoms with E-state index in [-0.39, 0.29) is 12.5 Å². The van der Waals surface area contributed by atoms with Crippen LogP contribution in [-0.4, -0.2) is 23.4 Å². The Labute approximate surface area is 131 Å². The van der Waals surface area contributed by atoms with Crippen LogP contribution < -0.4 is 21.3 Å². The van der Waals surface area contributed by atoms with E-state index < -0.39 is 5.91 Å². The second kappa shape index (κ2) is 7.01. The van der Waals surface area contributed by atoms with E-state index in [0.29, 0.717) is 16.4 Å². The van der Waals surface area contributed by atoms with Crippen molar-refractivity contribution in [2.24, 2.45) is 5.84 Å². The van der Waals surface area contributed by atoms with Gasteiger partial charge in [-0.15, -0.1) is 11.3 Å². The van der Waals surface area contributed by atoms with Gasteiger partial charge in [0, 0.05) is 16.6 Å². The van der Waals surface area contributed by atoms with Crippen LogP contribution in [0, 0.1) is 13.8 Å². The minimum Gasteiger partial charge on any atom is -0.484 e. The van der Waals surface area contributed by atoms with Crippen LogP contribution in [0.5, 0.6) is 5.75 Å². The normalized spacial score (nSPS) is 10.1. The summed E-state index contributed by atoms with van der Waals surface area (Å²) in [6, 6.07) is 4.95. The van der Waals surface area contributed by atoms with Gasteiger partial charge in [-0.05, 0) is 37.6 Å². The molecule has 0 aliphatic heterocycles. The molecule has 2 aromatic rings. The summed E-state index contributed by atoms with van der Waals surface area (Å²) in [7, 11) is 0. The average molecular weight is 320 g/mol. The maximum atomic E-state index is 12.2. The lowest BCUT2D eigenvalue weighted by molar-refractivity contribution is -0.123. The van der Waals surface area contributed by atoms with Crippen molar-refractivity contribution in [2.75, 3.05) is 11.9 Å². The van der Waals surface area contributed by atoms with Gasteiger partial charge in [-0.2, -0.15) is 0 Å². The van der Waals surface area contributed by atoms with E-state index >= 15 is 0 Å². The van der Waals surface area contributed by atoms with E-state index in [9.17, 15) is 9.59 Å². The van der Waals surface area contributed by atoms with Gasteiger partial charge < -0.3 is 4.74 Å². The van der Waals surface area contributed by atoms with Crippen LogP contribution in [0.1, 0.15) is 20.8 Å². The van der Waals surface area contributed by atoms with Crippen LogP contribution in [0.4, 0.5) is 5.13 Å². The molecule has 0 radical (unpaired) electrons. The summed E-state index contributed by atoms with van der Waals surface area (Å²) in [6.45, 7) is 3.53. The number of nitrogens with two attached hydrogens (primary N) is 1. The summed E-state index contributed by atoms with van der Waals surface area (Å²) in [6.07, 6.45) is 1.70. The molecule has 2 rings (SSSR count). The predicted molar refractivity (Wildman–Crippen MR) is 83.8 cm³/mol. The summed E-state index contributed by atoms with van der Waals surface area (Å²) in [5.41, 5.74) is 3.22. The summed E-state index contributed by atoms with van der Waals surface area (Å²) < 4.78 is 5.26. The van der Waals surface area contributed by atoms with Gasteiger partial charge in [-0.1, -0.05) is 0 Å². The number of aromatic nitrogens is 1. The van der Waals surface area contributed by atoms with Gasteiger partial charge in [0.05, 0.1) is 0 Å². The second-order valence-corrected chi connectivity index (χ2v) is 5.80. The third-order valence-electron chi connectivity index (χ3n) is 2.82. The Kier molecular flexibility index (Phi) is 5.08. The number of hydrogen-bond donors (Lipinski definition) is 3. The highest BCUT2D eigenvalue weighted by Crippen LogP contribution is 2.21. The minimum atomic E-state index is -0.432. The molecule has 0 fully saturated rings. The van der Waals surface area contributed by atoms with Crippen LogP contribution in [0.15, 0.2) is 24.4 Å². The molecule has 7 nitrogen and oxygen atoms in total. The standard InChI is InChI=1S/C14H16N4O3S/c1-8-5-10(21-7-12(19)18-15)3-4-11(8)13(20)17-14-16-6-9(2)22-14/h3-6H,7,15H2,1-2H3,(H,18,19)(H,16,17,20). The smallest absolute Gasteiger partial charge is 0.271 e. The largest absolute Gasteiger partial charge is 0.484 e. The molecule has 0 saturated carbocycles. The first-order valence-electron chi connectivity index (χ1n) is 6.46. The fourth-order valence-electron chi connectivity index (χ4n) is 1.75. The Morgan fingerprint density at radius 2 is 2.14 bits per heavy atom. The summed E-state index contributed by atoms with van der Waals surface area (Å²) >= 11 is 1.41. The molecule has 0 atom stereocenters. The van der Waals surface area contributed by atoms with Gasteiger partial charge in [0.15, 0.2) is 11.7 Å². The zero-order valence-electron chi connectivity index (χ0n) is 12.2. The molecule has 0 spiro atoms. The van der Waals surface area contributed by atoms with Crippen molar-refractivity contribution in [1.82, 2.24) is 10.4 Å². The molecule has 2 amide bonds. The van der Waals surface area contributed by atoms with Crippen molar-refractivity contribution in [3.8, 4) is 5.75 Å². The molecule has 0 unspecified atom stereocenters. The summed E-state index contributed by atoms with van der Waals surface area (Å²) in [5.74, 6) is 4.79. The number of hydrazine groups is 1. The fraction of sp³-hybridized carbons (Fsp3) is 0.214. The number of carbonyl (C=O) groups is 2. The number of benzene rings is 1. The molecule has 0 bridgehead atoms. The Morgan fingerprint density at radius 3 is 2.73 bits per heavy atom. The number of aryl methyl sites for hydroxylation is 2. The number of anilines is 1. The molecule has 116 valence electrons. The molecule has 1 aromatic carbocycles. The molecular weight excluding hydrogens is 304 g/mol. The monoisotopic (exact) mass is 320 g/mol. The van der Waals surface area contributed by atoms with Crippen LogP contribution in [0.25, 0.3) is 0 Å². The van der Waals surface area contributed by atoms with Crippen LogP contribution in [-0.2, 0) is 4.79 Å². The molecule has 1 heterocycles. The van der Waals surface area contributed by atoms with Gasteiger partial charge in [0.2, 0.25) is 0 Å². The maximum Gasteiger partial charge on any atom is 0.271 e. The lowest BCUT2D eigenvalue weighted by atomic mass is 10.1. The molecule has 22 heavy (non-hydrogen) atoms. The van der Waals surface area contributed by atoms with Crippen LogP contribution >= 0.6 is 11.3 Å². The highest BCUT2D eigenvalue weighted by Gasteiger charge is 2.12.